The molecule has 0 saturated carbocycles. The summed E-state index contributed by atoms with van der Waals surface area (Å²) in [6.07, 6.45) is 0. The third-order valence-corrected chi connectivity index (χ3v) is 3.28. The largest absolute Gasteiger partial charge is 0.484 e. The molecule has 3 N–H and O–H groups in total. The molecule has 1 aliphatic rings. The van der Waals surface area contributed by atoms with Crippen LogP contribution < -0.4 is 10.5 Å². The fourth-order valence-corrected chi connectivity index (χ4v) is 2.08. The van der Waals surface area contributed by atoms with Crippen LogP contribution in [0.2, 0.25) is 0 Å². The van der Waals surface area contributed by atoms with E-state index in [0.29, 0.717) is 32.1 Å². The Balaban J connectivity index is 1.87. The number of nitrogens with zero attached hydrogens (tertiary/aromatic N) is 1. The molecule has 20 heavy (non-hydrogen) atoms. The molecule has 1 amide bonds. The van der Waals surface area contributed by atoms with E-state index in [0.717, 1.165) is 5.56 Å². The molecule has 6 nitrogen and oxygen atoms in total. The van der Waals surface area contributed by atoms with Crippen molar-refractivity contribution in [2.45, 2.75) is 12.6 Å². The quantitative estimate of drug-likeness (QED) is 0.776. The van der Waals surface area contributed by atoms with Crippen molar-refractivity contribution in [1.82, 2.24) is 4.90 Å². The van der Waals surface area contributed by atoms with Gasteiger partial charge in [-0.25, -0.2) is 0 Å². The number of carbonyl (C=O) groups excluding carboxylic acids is 1. The highest BCUT2D eigenvalue weighted by Crippen LogP contribution is 2.13. The van der Waals surface area contributed by atoms with Gasteiger partial charge in [0.15, 0.2) is 6.61 Å². The third kappa shape index (κ3) is 3.69. The second-order valence-corrected chi connectivity index (χ2v) is 4.64. The van der Waals surface area contributed by atoms with E-state index in [4.69, 9.17) is 15.2 Å². The van der Waals surface area contributed by atoms with Gasteiger partial charge in [-0.15, -0.1) is 0 Å². The molecule has 1 aliphatic heterocycles. The molecule has 0 bridgehead atoms. The molecular weight excluding hydrogens is 260 g/mol. The number of hydrogen-bond donors (Lipinski definition) is 2. The standard InChI is InChI=1S/C14H20N2O4/c15-7-11-1-3-13(4-2-11)20-10-14(18)16-5-6-19-9-12(16)8-17/h1-4,12,17H,5-10,15H2. The second-order valence-electron chi connectivity index (χ2n) is 4.64. The van der Waals surface area contributed by atoms with E-state index >= 15 is 0 Å². The van der Waals surface area contributed by atoms with Crippen molar-refractivity contribution in [2.75, 3.05) is 33.0 Å². The van der Waals surface area contributed by atoms with Crippen LogP contribution in [0.1, 0.15) is 5.56 Å². The summed E-state index contributed by atoms with van der Waals surface area (Å²) in [5.41, 5.74) is 6.52. The number of aliphatic hydroxyl groups is 1. The lowest BCUT2D eigenvalue weighted by Crippen LogP contribution is -2.51. The smallest absolute Gasteiger partial charge is 0.260 e. The SMILES string of the molecule is NCc1ccc(OCC(=O)N2CCOCC2CO)cc1. The van der Waals surface area contributed by atoms with Crippen molar-refractivity contribution in [2.24, 2.45) is 5.73 Å². The Morgan fingerprint density at radius 3 is 2.85 bits per heavy atom. The molecule has 2 rings (SSSR count). The summed E-state index contributed by atoms with van der Waals surface area (Å²) in [7, 11) is 0. The second kappa shape index (κ2) is 7.23. The molecule has 0 aliphatic carbocycles. The van der Waals surface area contributed by atoms with Gasteiger partial charge in [0.1, 0.15) is 5.75 Å². The van der Waals surface area contributed by atoms with Crippen LogP contribution in [-0.4, -0.2) is 54.9 Å². The predicted octanol–water partition coefficient (Wildman–Crippen LogP) is -0.256. The molecule has 1 heterocycles. The lowest BCUT2D eigenvalue weighted by atomic mass is 10.2. The van der Waals surface area contributed by atoms with Gasteiger partial charge in [0.25, 0.3) is 5.91 Å². The van der Waals surface area contributed by atoms with Gasteiger partial charge in [0, 0.05) is 13.1 Å². The number of morpholine rings is 1. The lowest BCUT2D eigenvalue weighted by Gasteiger charge is -2.34. The van der Waals surface area contributed by atoms with Gasteiger partial charge in [0.05, 0.1) is 25.9 Å². The zero-order valence-corrected chi connectivity index (χ0v) is 11.3. The Labute approximate surface area is 118 Å². The third-order valence-electron chi connectivity index (χ3n) is 3.28. The molecule has 1 aromatic carbocycles. The van der Waals surface area contributed by atoms with Crippen LogP contribution in [-0.2, 0) is 16.1 Å². The number of benzene rings is 1. The van der Waals surface area contributed by atoms with Gasteiger partial charge in [-0.3, -0.25) is 4.79 Å². The number of nitrogens with two attached hydrogens (primary N) is 1. The molecule has 6 heteroatoms. The van der Waals surface area contributed by atoms with Crippen LogP contribution in [0.25, 0.3) is 0 Å². The Morgan fingerprint density at radius 2 is 2.20 bits per heavy atom. The van der Waals surface area contributed by atoms with Crippen LogP contribution in [0.3, 0.4) is 0 Å². The Hall–Kier alpha value is -1.63. The van der Waals surface area contributed by atoms with Gasteiger partial charge in [-0.1, -0.05) is 12.1 Å². The zero-order valence-electron chi connectivity index (χ0n) is 11.3. The number of amides is 1. The van der Waals surface area contributed by atoms with E-state index in [1.54, 1.807) is 17.0 Å². The number of carbonyl (C=O) groups is 1. The average molecular weight is 280 g/mol. The van der Waals surface area contributed by atoms with Crippen molar-refractivity contribution >= 4 is 5.91 Å². The molecule has 1 atom stereocenters. The number of aliphatic hydroxyl groups excluding tert-OH is 1. The Morgan fingerprint density at radius 1 is 1.45 bits per heavy atom. The average Bonchev–Trinajstić information content (AvgIpc) is 2.53. The normalized spacial score (nSPS) is 18.9. The maximum Gasteiger partial charge on any atom is 0.260 e. The summed E-state index contributed by atoms with van der Waals surface area (Å²) in [4.78, 5) is 13.7. The lowest BCUT2D eigenvalue weighted by molar-refractivity contribution is -0.143. The molecule has 1 unspecified atom stereocenters. The molecular formula is C14H20N2O4. The minimum Gasteiger partial charge on any atom is -0.484 e. The van der Waals surface area contributed by atoms with Crippen molar-refractivity contribution in [1.29, 1.82) is 0 Å². The first-order valence-electron chi connectivity index (χ1n) is 6.64. The first-order valence-corrected chi connectivity index (χ1v) is 6.64. The van der Waals surface area contributed by atoms with E-state index in [2.05, 4.69) is 0 Å². The Kier molecular flexibility index (Phi) is 5.34. The first kappa shape index (κ1) is 14.8. The summed E-state index contributed by atoms with van der Waals surface area (Å²) in [5, 5.41) is 9.23. The van der Waals surface area contributed by atoms with E-state index in [1.165, 1.54) is 0 Å². The maximum absolute atomic E-state index is 12.1. The van der Waals surface area contributed by atoms with Crippen LogP contribution in [0.4, 0.5) is 0 Å². The minimum absolute atomic E-state index is 0.0432. The topological polar surface area (TPSA) is 85.0 Å². The minimum atomic E-state index is -0.278. The van der Waals surface area contributed by atoms with Crippen LogP contribution in [0.15, 0.2) is 24.3 Å². The number of rotatable bonds is 5. The van der Waals surface area contributed by atoms with Crippen molar-refractivity contribution in [3.05, 3.63) is 29.8 Å². The van der Waals surface area contributed by atoms with Crippen molar-refractivity contribution < 1.29 is 19.4 Å². The van der Waals surface area contributed by atoms with E-state index < -0.39 is 0 Å². The summed E-state index contributed by atoms with van der Waals surface area (Å²) in [6.45, 7) is 1.68. The van der Waals surface area contributed by atoms with Crippen molar-refractivity contribution in [3.63, 3.8) is 0 Å². The monoisotopic (exact) mass is 280 g/mol. The van der Waals surface area contributed by atoms with Gasteiger partial charge in [-0.2, -0.15) is 0 Å². The van der Waals surface area contributed by atoms with Crippen molar-refractivity contribution in [3.8, 4) is 5.75 Å². The number of hydrogen-bond acceptors (Lipinski definition) is 5. The highest BCUT2D eigenvalue weighted by molar-refractivity contribution is 5.78. The first-order chi connectivity index (χ1) is 9.74. The van der Waals surface area contributed by atoms with Crippen LogP contribution in [0, 0.1) is 0 Å². The molecule has 110 valence electrons. The zero-order chi connectivity index (χ0) is 14.4. The van der Waals surface area contributed by atoms with E-state index in [9.17, 15) is 9.90 Å². The molecule has 1 fully saturated rings. The maximum atomic E-state index is 12.1. The van der Waals surface area contributed by atoms with Gasteiger partial charge in [-0.05, 0) is 17.7 Å². The van der Waals surface area contributed by atoms with Crippen LogP contribution in [0.5, 0.6) is 5.75 Å². The molecule has 0 aromatic heterocycles. The molecule has 0 spiro atoms. The molecule has 0 radical (unpaired) electrons. The fraction of sp³-hybridized carbons (Fsp3) is 0.500. The summed E-state index contributed by atoms with van der Waals surface area (Å²) >= 11 is 0. The predicted molar refractivity (Wildman–Crippen MR) is 73.2 cm³/mol. The highest BCUT2D eigenvalue weighted by atomic mass is 16.5. The van der Waals surface area contributed by atoms with Gasteiger partial charge < -0.3 is 25.2 Å². The fourth-order valence-electron chi connectivity index (χ4n) is 2.08. The summed E-state index contributed by atoms with van der Waals surface area (Å²) in [5.74, 6) is 0.486. The van der Waals surface area contributed by atoms with Gasteiger partial charge >= 0.3 is 0 Å². The summed E-state index contributed by atoms with van der Waals surface area (Å²) in [6, 6.07) is 7.03. The van der Waals surface area contributed by atoms with E-state index in [-0.39, 0.29) is 25.2 Å². The summed E-state index contributed by atoms with van der Waals surface area (Å²) < 4.78 is 10.7. The number of ether oxygens (including phenoxy) is 2. The highest BCUT2D eigenvalue weighted by Gasteiger charge is 2.26. The van der Waals surface area contributed by atoms with Gasteiger partial charge in [0.2, 0.25) is 0 Å². The van der Waals surface area contributed by atoms with E-state index in [1.807, 2.05) is 12.1 Å². The Bertz CT molecular complexity index is 435. The molecule has 1 aromatic rings. The van der Waals surface area contributed by atoms with Crippen LogP contribution >= 0.6 is 0 Å². The molecule has 1 saturated heterocycles.